The Kier molecular flexibility index (Phi) is 4.29. The number of hydrogen-bond donors (Lipinski definition) is 1. The summed E-state index contributed by atoms with van der Waals surface area (Å²) < 4.78 is 5.71. The summed E-state index contributed by atoms with van der Waals surface area (Å²) in [5.74, 6) is -1.70. The van der Waals surface area contributed by atoms with Gasteiger partial charge in [0.15, 0.2) is 5.78 Å². The highest BCUT2D eigenvalue weighted by molar-refractivity contribution is 8.26. The molecule has 1 saturated heterocycles. The third-order valence-corrected chi connectivity index (χ3v) is 4.83. The summed E-state index contributed by atoms with van der Waals surface area (Å²) in [5, 5.41) is 8.83. The van der Waals surface area contributed by atoms with Crippen LogP contribution in [0.5, 0.6) is 0 Å². The summed E-state index contributed by atoms with van der Waals surface area (Å²) in [7, 11) is 0. The zero-order valence-corrected chi connectivity index (χ0v) is 13.4. The summed E-state index contributed by atoms with van der Waals surface area (Å²) in [4.78, 5) is 36.3. The Balaban J connectivity index is 1.90. The Morgan fingerprint density at radius 2 is 2.17 bits per heavy atom. The van der Waals surface area contributed by atoms with Crippen LogP contribution in [-0.2, 0) is 14.3 Å². The maximum Gasteiger partial charge on any atom is 0.323 e. The number of ether oxygens (including phenoxy) is 1. The van der Waals surface area contributed by atoms with Crippen molar-refractivity contribution < 1.29 is 24.2 Å². The lowest BCUT2D eigenvalue weighted by atomic mass is 9.96. The summed E-state index contributed by atoms with van der Waals surface area (Å²) >= 11 is 6.08. The lowest BCUT2D eigenvalue weighted by molar-refractivity contribution is -0.140. The van der Waals surface area contributed by atoms with Crippen molar-refractivity contribution in [2.45, 2.75) is 6.10 Å². The van der Waals surface area contributed by atoms with Gasteiger partial charge in [0, 0.05) is 5.56 Å². The van der Waals surface area contributed by atoms with Crippen molar-refractivity contribution in [1.82, 2.24) is 4.90 Å². The first-order valence-electron chi connectivity index (χ1n) is 6.68. The summed E-state index contributed by atoms with van der Waals surface area (Å²) in [6, 6.07) is 7.05. The van der Waals surface area contributed by atoms with Gasteiger partial charge in [0.1, 0.15) is 23.6 Å². The van der Waals surface area contributed by atoms with Gasteiger partial charge in [0.05, 0.1) is 4.91 Å². The van der Waals surface area contributed by atoms with Crippen molar-refractivity contribution in [3.63, 3.8) is 0 Å². The van der Waals surface area contributed by atoms with Crippen molar-refractivity contribution in [3.05, 3.63) is 46.4 Å². The molecule has 0 radical (unpaired) electrons. The number of thiocarbonyl (C=S) groups is 1. The van der Waals surface area contributed by atoms with Gasteiger partial charge < -0.3 is 9.84 Å². The van der Waals surface area contributed by atoms with E-state index in [1.54, 1.807) is 30.3 Å². The molecule has 8 heteroatoms. The monoisotopic (exact) mass is 349 g/mol. The molecule has 1 aromatic rings. The fourth-order valence-electron chi connectivity index (χ4n) is 2.39. The number of carboxylic acid groups (broad SMARTS) is 1. The van der Waals surface area contributed by atoms with E-state index in [0.717, 1.165) is 16.7 Å². The van der Waals surface area contributed by atoms with E-state index in [1.165, 1.54) is 0 Å². The maximum atomic E-state index is 12.3. The van der Waals surface area contributed by atoms with E-state index in [9.17, 15) is 14.4 Å². The van der Waals surface area contributed by atoms with Gasteiger partial charge in [-0.15, -0.1) is 0 Å². The summed E-state index contributed by atoms with van der Waals surface area (Å²) in [6.07, 6.45) is 1.05. The van der Waals surface area contributed by atoms with Gasteiger partial charge in [-0.05, 0) is 11.6 Å². The molecule has 1 aromatic carbocycles. The van der Waals surface area contributed by atoms with Crippen LogP contribution in [0.4, 0.5) is 0 Å². The van der Waals surface area contributed by atoms with Gasteiger partial charge in [0.2, 0.25) is 0 Å². The molecule has 2 heterocycles. The minimum atomic E-state index is -1.13. The second-order valence-corrected chi connectivity index (χ2v) is 6.60. The average Bonchev–Trinajstić information content (AvgIpc) is 2.77. The molecule has 1 atom stereocenters. The molecule has 6 nitrogen and oxygen atoms in total. The quantitative estimate of drug-likeness (QED) is 0.657. The number of thioether (sulfide) groups is 1. The molecule has 2 aliphatic heterocycles. The number of amides is 1. The highest BCUT2D eigenvalue weighted by atomic mass is 32.2. The zero-order chi connectivity index (χ0) is 16.6. The third kappa shape index (κ3) is 3.05. The summed E-state index contributed by atoms with van der Waals surface area (Å²) in [6.45, 7) is -0.532. The summed E-state index contributed by atoms with van der Waals surface area (Å²) in [5.41, 5.74) is 1.26. The van der Waals surface area contributed by atoms with Crippen LogP contribution in [0.2, 0.25) is 0 Å². The van der Waals surface area contributed by atoms with Gasteiger partial charge in [0.25, 0.3) is 5.91 Å². The number of aliphatic carboxylic acids is 1. The molecule has 1 unspecified atom stereocenters. The van der Waals surface area contributed by atoms with Crippen LogP contribution < -0.4 is 0 Å². The number of carbonyl (C=O) groups is 3. The van der Waals surface area contributed by atoms with Crippen LogP contribution >= 0.6 is 24.0 Å². The minimum Gasteiger partial charge on any atom is -0.480 e. The molecule has 0 aromatic heterocycles. The number of carboxylic acids is 1. The fourth-order valence-corrected chi connectivity index (χ4v) is 3.64. The number of hydrogen-bond acceptors (Lipinski definition) is 6. The molecule has 23 heavy (non-hydrogen) atoms. The van der Waals surface area contributed by atoms with Crippen molar-refractivity contribution in [3.8, 4) is 0 Å². The number of fused-ring (bicyclic) bond motifs is 1. The second-order valence-electron chi connectivity index (χ2n) is 4.93. The molecule has 2 aliphatic rings. The number of carbonyl (C=O) groups excluding carboxylic acids is 2. The van der Waals surface area contributed by atoms with E-state index in [4.69, 9.17) is 22.1 Å². The zero-order valence-electron chi connectivity index (χ0n) is 11.7. The van der Waals surface area contributed by atoms with Gasteiger partial charge in [-0.3, -0.25) is 19.3 Å². The minimum absolute atomic E-state index is 0.0619. The van der Waals surface area contributed by atoms with E-state index in [0.29, 0.717) is 16.0 Å². The Labute approximate surface area is 141 Å². The van der Waals surface area contributed by atoms with Gasteiger partial charge >= 0.3 is 5.97 Å². The molecule has 1 amide bonds. The van der Waals surface area contributed by atoms with Crippen molar-refractivity contribution in [2.75, 3.05) is 13.2 Å². The highest BCUT2D eigenvalue weighted by Gasteiger charge is 2.35. The Hall–Kier alpha value is -2.03. The Morgan fingerprint density at radius 1 is 1.43 bits per heavy atom. The number of Topliss-reactive ketones (excluding diaryl/α,β-unsaturated/α-hetero) is 1. The lowest BCUT2D eigenvalue weighted by Crippen LogP contribution is -2.33. The maximum absolute atomic E-state index is 12.3. The van der Waals surface area contributed by atoms with Crippen LogP contribution in [0.3, 0.4) is 0 Å². The van der Waals surface area contributed by atoms with Crippen molar-refractivity contribution >= 4 is 46.0 Å². The molecule has 0 saturated carbocycles. The molecule has 1 N–H and O–H groups in total. The average molecular weight is 349 g/mol. The van der Waals surface area contributed by atoms with Crippen molar-refractivity contribution in [1.29, 1.82) is 0 Å². The molecule has 1 fully saturated rings. The first-order chi connectivity index (χ1) is 11.0. The first-order valence-corrected chi connectivity index (χ1v) is 7.91. The van der Waals surface area contributed by atoms with Crippen molar-refractivity contribution in [2.24, 2.45) is 0 Å². The van der Waals surface area contributed by atoms with Crippen LogP contribution in [0.15, 0.2) is 35.2 Å². The van der Waals surface area contributed by atoms with Crippen LogP contribution in [0.25, 0.3) is 0 Å². The molecule has 0 bridgehead atoms. The molecular formula is C15H11NO5S2. The third-order valence-electron chi connectivity index (χ3n) is 3.43. The van der Waals surface area contributed by atoms with Crippen LogP contribution in [-0.4, -0.2) is 45.1 Å². The van der Waals surface area contributed by atoms with E-state index >= 15 is 0 Å². The number of rotatable bonds is 3. The molecule has 3 rings (SSSR count). The van der Waals surface area contributed by atoms with Gasteiger partial charge in [-0.25, -0.2) is 0 Å². The highest BCUT2D eigenvalue weighted by Crippen LogP contribution is 2.36. The SMILES string of the molecule is O=C(O)CN1C(=O)C(=CC2OCC(=O)c3ccccc32)SC1=S. The Bertz CT molecular complexity index is 758. The standard InChI is InChI=1S/C15H11NO5S2/c17-10-7-21-11(9-4-2-1-3-8(9)10)5-12-14(20)16(6-13(18)19)15(22)23-12/h1-5,11H,6-7H2,(H,18,19). The number of nitrogens with zero attached hydrogens (tertiary/aromatic N) is 1. The smallest absolute Gasteiger partial charge is 0.323 e. The molecule has 118 valence electrons. The fraction of sp³-hybridized carbons (Fsp3) is 0.200. The van der Waals surface area contributed by atoms with Gasteiger partial charge in [-0.2, -0.15) is 0 Å². The number of benzene rings is 1. The van der Waals surface area contributed by atoms with Crippen LogP contribution in [0, 0.1) is 0 Å². The second kappa shape index (κ2) is 6.23. The Morgan fingerprint density at radius 3 is 2.91 bits per heavy atom. The van der Waals surface area contributed by atoms with E-state index in [1.807, 2.05) is 0 Å². The largest absolute Gasteiger partial charge is 0.480 e. The normalized spacial score (nSPS) is 22.6. The topological polar surface area (TPSA) is 83.9 Å². The number of ketones is 1. The predicted octanol–water partition coefficient (Wildman–Crippen LogP) is 1.77. The van der Waals surface area contributed by atoms with E-state index in [-0.39, 0.29) is 16.7 Å². The molecule has 0 aliphatic carbocycles. The lowest BCUT2D eigenvalue weighted by Gasteiger charge is -2.22. The van der Waals surface area contributed by atoms with E-state index < -0.39 is 24.5 Å². The predicted molar refractivity (Wildman–Crippen MR) is 87.1 cm³/mol. The molecular weight excluding hydrogens is 338 g/mol. The van der Waals surface area contributed by atoms with Gasteiger partial charge in [-0.1, -0.05) is 48.2 Å². The molecule has 0 spiro atoms. The van der Waals surface area contributed by atoms with E-state index in [2.05, 4.69) is 0 Å². The first kappa shape index (κ1) is 15.9. The van der Waals surface area contributed by atoms with Crippen LogP contribution in [0.1, 0.15) is 22.0 Å².